The maximum Gasteiger partial charge on any atom is 0.0731 e. The van der Waals surface area contributed by atoms with Crippen molar-refractivity contribution in [3.8, 4) is 0 Å². The van der Waals surface area contributed by atoms with Crippen LogP contribution in [0, 0.1) is 12.3 Å². The Kier molecular flexibility index (Phi) is 4.38. The molecule has 0 spiro atoms. The van der Waals surface area contributed by atoms with Crippen LogP contribution in [0.1, 0.15) is 43.7 Å². The van der Waals surface area contributed by atoms with Crippen LogP contribution in [-0.2, 0) is 0 Å². The van der Waals surface area contributed by atoms with Crippen LogP contribution in [0.4, 0.5) is 0 Å². The van der Waals surface area contributed by atoms with Crippen molar-refractivity contribution in [1.82, 2.24) is 5.32 Å². The minimum atomic E-state index is 0.297. The van der Waals surface area contributed by atoms with E-state index in [0.29, 0.717) is 11.5 Å². The lowest BCUT2D eigenvalue weighted by atomic mass is 9.81. The van der Waals surface area contributed by atoms with Gasteiger partial charge < -0.3 is 5.32 Å². The summed E-state index contributed by atoms with van der Waals surface area (Å²) in [5.74, 6) is 0. The van der Waals surface area contributed by atoms with Gasteiger partial charge in [0.2, 0.25) is 0 Å². The molecule has 1 aromatic rings. The quantitative estimate of drug-likeness (QED) is 0.860. The molecule has 0 aliphatic heterocycles. The third-order valence-corrected chi connectivity index (χ3v) is 5.34. The molecule has 1 aromatic heterocycles. The first kappa shape index (κ1) is 13.2. The number of thiophene rings is 1. The van der Waals surface area contributed by atoms with Crippen molar-refractivity contribution in [2.24, 2.45) is 5.41 Å². The highest BCUT2D eigenvalue weighted by atomic mass is 79.9. The molecule has 0 aromatic carbocycles. The molecule has 1 nitrogen and oxygen atoms in total. The molecule has 1 atom stereocenters. The van der Waals surface area contributed by atoms with Crippen molar-refractivity contribution >= 4 is 27.3 Å². The highest BCUT2D eigenvalue weighted by Crippen LogP contribution is 2.41. The van der Waals surface area contributed by atoms with Crippen LogP contribution < -0.4 is 5.32 Å². The maximum atomic E-state index is 3.59. The lowest BCUT2D eigenvalue weighted by molar-refractivity contribution is 0.249. The molecule has 0 aliphatic rings. The predicted molar refractivity (Wildman–Crippen MR) is 72.6 cm³/mol. The number of aryl methyl sites for hydroxylation is 1. The zero-order chi connectivity index (χ0) is 11.6. The van der Waals surface area contributed by atoms with E-state index in [0.717, 1.165) is 0 Å². The van der Waals surface area contributed by atoms with Gasteiger partial charge in [0.15, 0.2) is 0 Å². The van der Waals surface area contributed by atoms with Gasteiger partial charge in [-0.1, -0.05) is 20.8 Å². The molecule has 1 N–H and O–H groups in total. The fourth-order valence-corrected chi connectivity index (χ4v) is 3.64. The van der Waals surface area contributed by atoms with E-state index >= 15 is 0 Å². The van der Waals surface area contributed by atoms with Crippen molar-refractivity contribution in [3.63, 3.8) is 0 Å². The minimum Gasteiger partial charge on any atom is -0.312 e. The minimum absolute atomic E-state index is 0.297. The highest BCUT2D eigenvalue weighted by molar-refractivity contribution is 9.11. The summed E-state index contributed by atoms with van der Waals surface area (Å²) in [5.41, 5.74) is 1.63. The zero-order valence-electron chi connectivity index (χ0n) is 10.1. The van der Waals surface area contributed by atoms with Gasteiger partial charge in [-0.25, -0.2) is 0 Å². The number of halogens is 1. The van der Waals surface area contributed by atoms with Crippen molar-refractivity contribution < 1.29 is 0 Å². The second kappa shape index (κ2) is 4.98. The average molecular weight is 290 g/mol. The molecule has 86 valence electrons. The van der Waals surface area contributed by atoms with Gasteiger partial charge in [-0.3, -0.25) is 0 Å². The summed E-state index contributed by atoms with van der Waals surface area (Å²) in [7, 11) is 2.05. The van der Waals surface area contributed by atoms with Crippen molar-refractivity contribution in [1.29, 1.82) is 0 Å². The van der Waals surface area contributed by atoms with E-state index in [1.165, 1.54) is 20.6 Å². The smallest absolute Gasteiger partial charge is 0.0731 e. The fraction of sp³-hybridized carbons (Fsp3) is 0.667. The highest BCUT2D eigenvalue weighted by Gasteiger charge is 2.29. The Balaban J connectivity index is 3.02. The van der Waals surface area contributed by atoms with E-state index in [2.05, 4.69) is 55.0 Å². The summed E-state index contributed by atoms with van der Waals surface area (Å²) in [6, 6.07) is 2.73. The van der Waals surface area contributed by atoms with E-state index in [4.69, 9.17) is 0 Å². The Morgan fingerprint density at radius 2 is 2.13 bits per heavy atom. The van der Waals surface area contributed by atoms with Crippen LogP contribution >= 0.6 is 27.3 Å². The van der Waals surface area contributed by atoms with Crippen LogP contribution in [0.3, 0.4) is 0 Å². The number of hydrogen-bond acceptors (Lipinski definition) is 2. The van der Waals surface area contributed by atoms with Gasteiger partial charge in [0, 0.05) is 10.9 Å². The van der Waals surface area contributed by atoms with Crippen LogP contribution in [-0.4, -0.2) is 7.05 Å². The van der Waals surface area contributed by atoms with Crippen LogP contribution in [0.15, 0.2) is 9.85 Å². The molecule has 1 heterocycles. The molecular weight excluding hydrogens is 270 g/mol. The molecule has 0 fully saturated rings. The Morgan fingerprint density at radius 1 is 1.53 bits per heavy atom. The molecule has 0 aliphatic carbocycles. The average Bonchev–Trinajstić information content (AvgIpc) is 2.47. The first-order valence-corrected chi connectivity index (χ1v) is 6.96. The maximum absolute atomic E-state index is 3.59. The molecular formula is C12H20BrNS. The van der Waals surface area contributed by atoms with Crippen molar-refractivity contribution in [2.75, 3.05) is 7.05 Å². The van der Waals surface area contributed by atoms with Gasteiger partial charge in [-0.2, -0.15) is 0 Å². The molecule has 3 heteroatoms. The Hall–Kier alpha value is 0.140. The molecule has 1 rings (SSSR count). The summed E-state index contributed by atoms with van der Waals surface area (Å²) in [6.07, 6.45) is 1.17. The second-order valence-electron chi connectivity index (χ2n) is 4.67. The summed E-state index contributed by atoms with van der Waals surface area (Å²) in [5, 5.41) is 3.44. The zero-order valence-corrected chi connectivity index (χ0v) is 12.6. The van der Waals surface area contributed by atoms with Crippen molar-refractivity contribution in [2.45, 2.75) is 40.2 Å². The Labute approximate surface area is 105 Å². The van der Waals surface area contributed by atoms with Gasteiger partial charge in [-0.05, 0) is 53.4 Å². The molecule has 1 unspecified atom stereocenters. The van der Waals surface area contributed by atoms with Crippen LogP contribution in [0.5, 0.6) is 0 Å². The Morgan fingerprint density at radius 3 is 2.47 bits per heavy atom. The largest absolute Gasteiger partial charge is 0.312 e. The first-order chi connectivity index (χ1) is 6.92. The molecule has 0 amide bonds. The fourth-order valence-electron chi connectivity index (χ4n) is 1.75. The van der Waals surface area contributed by atoms with E-state index in [1.54, 1.807) is 0 Å². The van der Waals surface area contributed by atoms with Gasteiger partial charge in [0.05, 0.1) is 3.79 Å². The monoisotopic (exact) mass is 289 g/mol. The molecule has 0 saturated heterocycles. The van der Waals surface area contributed by atoms with Crippen LogP contribution in [0.25, 0.3) is 0 Å². The topological polar surface area (TPSA) is 12.0 Å². The van der Waals surface area contributed by atoms with Gasteiger partial charge in [-0.15, -0.1) is 11.3 Å². The molecule has 0 bridgehead atoms. The standard InChI is InChI=1S/C12H20BrNS/c1-6-12(3,4)10(14-5)9-7-8(2)11(13)15-9/h7,10,14H,6H2,1-5H3. The van der Waals surface area contributed by atoms with Crippen LogP contribution in [0.2, 0.25) is 0 Å². The summed E-state index contributed by atoms with van der Waals surface area (Å²) < 4.78 is 1.25. The summed E-state index contributed by atoms with van der Waals surface area (Å²) >= 11 is 5.44. The Bertz CT molecular complexity index is 311. The SMILES string of the molecule is CCC(C)(C)C(NC)c1cc(C)c(Br)s1. The summed E-state index contributed by atoms with van der Waals surface area (Å²) in [6.45, 7) is 9.03. The third-order valence-electron chi connectivity index (χ3n) is 3.14. The lowest BCUT2D eigenvalue weighted by Crippen LogP contribution is -2.30. The summed E-state index contributed by atoms with van der Waals surface area (Å²) in [4.78, 5) is 1.42. The van der Waals surface area contributed by atoms with E-state index in [1.807, 2.05) is 18.4 Å². The third kappa shape index (κ3) is 2.83. The lowest BCUT2D eigenvalue weighted by Gasteiger charge is -2.32. The molecule has 15 heavy (non-hydrogen) atoms. The first-order valence-electron chi connectivity index (χ1n) is 5.35. The van der Waals surface area contributed by atoms with E-state index in [-0.39, 0.29) is 0 Å². The van der Waals surface area contributed by atoms with Crippen molar-refractivity contribution in [3.05, 3.63) is 20.3 Å². The normalized spacial score (nSPS) is 14.3. The van der Waals surface area contributed by atoms with E-state index in [9.17, 15) is 0 Å². The molecule has 0 saturated carbocycles. The second-order valence-corrected chi connectivity index (χ2v) is 7.07. The predicted octanol–water partition coefficient (Wildman–Crippen LogP) is 4.52. The number of nitrogens with one attached hydrogen (secondary N) is 1. The van der Waals surface area contributed by atoms with E-state index < -0.39 is 0 Å². The van der Waals surface area contributed by atoms with Gasteiger partial charge in [0.25, 0.3) is 0 Å². The number of hydrogen-bond donors (Lipinski definition) is 1. The number of rotatable bonds is 4. The molecule has 0 radical (unpaired) electrons. The van der Waals surface area contributed by atoms with Gasteiger partial charge in [0.1, 0.15) is 0 Å². The van der Waals surface area contributed by atoms with Gasteiger partial charge >= 0.3 is 0 Å².